The maximum absolute atomic E-state index is 10.1. The van der Waals surface area contributed by atoms with E-state index in [0.29, 0.717) is 5.25 Å². The lowest BCUT2D eigenvalue weighted by Gasteiger charge is -2.26. The van der Waals surface area contributed by atoms with Gasteiger partial charge in [0.2, 0.25) is 0 Å². The lowest BCUT2D eigenvalue weighted by atomic mass is 10.0. The summed E-state index contributed by atoms with van der Waals surface area (Å²) < 4.78 is 0. The Morgan fingerprint density at radius 3 is 3.13 bits per heavy atom. The van der Waals surface area contributed by atoms with Crippen molar-refractivity contribution in [2.24, 2.45) is 0 Å². The molecule has 0 spiro atoms. The molecule has 1 aromatic heterocycles. The zero-order chi connectivity index (χ0) is 10.5. The van der Waals surface area contributed by atoms with E-state index in [1.165, 1.54) is 18.6 Å². The van der Waals surface area contributed by atoms with Gasteiger partial charge in [-0.2, -0.15) is 11.8 Å². The molecule has 2 unspecified atom stereocenters. The van der Waals surface area contributed by atoms with Crippen LogP contribution in [0.25, 0.3) is 0 Å². The summed E-state index contributed by atoms with van der Waals surface area (Å²) in [6.45, 7) is 0. The topological polar surface area (TPSA) is 33.1 Å². The summed E-state index contributed by atoms with van der Waals surface area (Å²) in [6, 6.07) is 3.96. The van der Waals surface area contributed by atoms with Crippen LogP contribution in [-0.4, -0.2) is 27.2 Å². The van der Waals surface area contributed by atoms with Gasteiger partial charge in [0, 0.05) is 24.1 Å². The van der Waals surface area contributed by atoms with Gasteiger partial charge in [-0.05, 0) is 30.2 Å². The van der Waals surface area contributed by atoms with Crippen LogP contribution in [0.5, 0.6) is 0 Å². The molecule has 82 valence electrons. The Hall–Kier alpha value is -0.540. The molecule has 0 amide bonds. The first-order valence-electron chi connectivity index (χ1n) is 5.55. The lowest BCUT2D eigenvalue weighted by molar-refractivity contribution is 0.166. The minimum absolute atomic E-state index is 0.209. The number of aliphatic hydroxyl groups excluding tert-OH is 1. The van der Waals surface area contributed by atoms with Crippen LogP contribution in [0.2, 0.25) is 0 Å². The van der Waals surface area contributed by atoms with Crippen LogP contribution in [0.3, 0.4) is 0 Å². The van der Waals surface area contributed by atoms with Gasteiger partial charge in [0.15, 0.2) is 0 Å². The van der Waals surface area contributed by atoms with Gasteiger partial charge >= 0.3 is 0 Å². The van der Waals surface area contributed by atoms with E-state index in [-0.39, 0.29) is 6.10 Å². The summed E-state index contributed by atoms with van der Waals surface area (Å²) in [5, 5.41) is 10.5. The Labute approximate surface area is 95.1 Å². The molecule has 0 bridgehead atoms. The third-order valence-electron chi connectivity index (χ3n) is 2.81. The van der Waals surface area contributed by atoms with Gasteiger partial charge in [-0.25, -0.2) is 0 Å². The van der Waals surface area contributed by atoms with Gasteiger partial charge in [0.25, 0.3) is 0 Å². The normalized spacial score (nSPS) is 23.7. The molecular weight excluding hydrogens is 206 g/mol. The molecule has 0 aliphatic carbocycles. The first kappa shape index (κ1) is 11.0. The summed E-state index contributed by atoms with van der Waals surface area (Å²) >= 11 is 1.92. The second kappa shape index (κ2) is 5.52. The van der Waals surface area contributed by atoms with Crippen molar-refractivity contribution in [1.82, 2.24) is 4.98 Å². The molecule has 2 heterocycles. The van der Waals surface area contributed by atoms with Crippen molar-refractivity contribution in [2.75, 3.05) is 5.75 Å². The standard InChI is InChI=1S/C12H17NOS/c14-11(12-5-1-2-7-15-12)8-10-4-3-6-13-9-10/h3-4,6,9,11-12,14H,1-2,5,7-8H2. The van der Waals surface area contributed by atoms with Gasteiger partial charge in [0.1, 0.15) is 0 Å². The van der Waals surface area contributed by atoms with Crippen molar-refractivity contribution in [2.45, 2.75) is 37.0 Å². The van der Waals surface area contributed by atoms with Crippen molar-refractivity contribution >= 4 is 11.8 Å². The van der Waals surface area contributed by atoms with Crippen molar-refractivity contribution in [3.8, 4) is 0 Å². The molecule has 1 saturated heterocycles. The third kappa shape index (κ3) is 3.21. The highest BCUT2D eigenvalue weighted by molar-refractivity contribution is 8.00. The van der Waals surface area contributed by atoms with Gasteiger partial charge in [-0.15, -0.1) is 0 Å². The van der Waals surface area contributed by atoms with Crippen LogP contribution < -0.4 is 0 Å². The van der Waals surface area contributed by atoms with E-state index in [9.17, 15) is 5.11 Å². The zero-order valence-electron chi connectivity index (χ0n) is 8.80. The van der Waals surface area contributed by atoms with Crippen molar-refractivity contribution in [1.29, 1.82) is 0 Å². The highest BCUT2D eigenvalue weighted by Gasteiger charge is 2.22. The molecule has 0 saturated carbocycles. The average molecular weight is 223 g/mol. The van der Waals surface area contributed by atoms with E-state index in [4.69, 9.17) is 0 Å². The summed E-state index contributed by atoms with van der Waals surface area (Å²) in [5.41, 5.74) is 1.14. The second-order valence-electron chi connectivity index (χ2n) is 4.04. The largest absolute Gasteiger partial charge is 0.392 e. The van der Waals surface area contributed by atoms with Crippen molar-refractivity contribution in [3.05, 3.63) is 30.1 Å². The highest BCUT2D eigenvalue weighted by Crippen LogP contribution is 2.28. The van der Waals surface area contributed by atoms with E-state index in [0.717, 1.165) is 18.4 Å². The first-order valence-corrected chi connectivity index (χ1v) is 6.60. The fourth-order valence-electron chi connectivity index (χ4n) is 1.96. The maximum atomic E-state index is 10.1. The monoisotopic (exact) mass is 223 g/mol. The predicted molar refractivity (Wildman–Crippen MR) is 64.0 cm³/mol. The van der Waals surface area contributed by atoms with E-state index < -0.39 is 0 Å². The Bertz CT molecular complexity index is 285. The van der Waals surface area contributed by atoms with Gasteiger partial charge in [-0.3, -0.25) is 4.98 Å². The molecule has 1 aliphatic rings. The molecule has 2 nitrogen and oxygen atoms in total. The summed E-state index contributed by atoms with van der Waals surface area (Å²) in [5.74, 6) is 1.20. The molecule has 1 aliphatic heterocycles. The number of thioether (sulfide) groups is 1. The van der Waals surface area contributed by atoms with Crippen LogP contribution in [0.1, 0.15) is 24.8 Å². The van der Waals surface area contributed by atoms with Crippen molar-refractivity contribution < 1.29 is 5.11 Å². The Morgan fingerprint density at radius 2 is 2.47 bits per heavy atom. The molecule has 1 N–H and O–H groups in total. The SMILES string of the molecule is OC(Cc1cccnc1)C1CCCCS1. The molecule has 2 rings (SSSR count). The fourth-order valence-corrected chi connectivity index (χ4v) is 3.29. The number of pyridine rings is 1. The highest BCUT2D eigenvalue weighted by atomic mass is 32.2. The molecule has 0 radical (unpaired) electrons. The number of nitrogens with zero attached hydrogens (tertiary/aromatic N) is 1. The van der Waals surface area contributed by atoms with E-state index in [1.807, 2.05) is 30.1 Å². The van der Waals surface area contributed by atoms with Crippen LogP contribution >= 0.6 is 11.8 Å². The molecule has 0 aromatic carbocycles. The van der Waals surface area contributed by atoms with Crippen molar-refractivity contribution in [3.63, 3.8) is 0 Å². The van der Waals surface area contributed by atoms with Gasteiger partial charge in [0.05, 0.1) is 6.10 Å². The van der Waals surface area contributed by atoms with E-state index >= 15 is 0 Å². The van der Waals surface area contributed by atoms with E-state index in [1.54, 1.807) is 6.20 Å². The Morgan fingerprint density at radius 1 is 1.53 bits per heavy atom. The quantitative estimate of drug-likeness (QED) is 0.853. The van der Waals surface area contributed by atoms with Crippen LogP contribution in [0.15, 0.2) is 24.5 Å². The van der Waals surface area contributed by atoms with E-state index in [2.05, 4.69) is 4.98 Å². The number of aliphatic hydroxyl groups is 1. The van der Waals surface area contributed by atoms with Crippen LogP contribution in [-0.2, 0) is 6.42 Å². The predicted octanol–water partition coefficient (Wildman–Crippen LogP) is 2.27. The smallest absolute Gasteiger partial charge is 0.0699 e. The van der Waals surface area contributed by atoms with Gasteiger partial charge < -0.3 is 5.11 Å². The molecule has 3 heteroatoms. The minimum atomic E-state index is -0.209. The lowest BCUT2D eigenvalue weighted by Crippen LogP contribution is -2.27. The average Bonchev–Trinajstić information content (AvgIpc) is 2.31. The molecular formula is C12H17NOS. The first-order chi connectivity index (χ1) is 7.36. The summed E-state index contributed by atoms with van der Waals surface area (Å²) in [7, 11) is 0. The number of rotatable bonds is 3. The second-order valence-corrected chi connectivity index (χ2v) is 5.38. The van der Waals surface area contributed by atoms with Crippen LogP contribution in [0, 0.1) is 0 Å². The summed E-state index contributed by atoms with van der Waals surface area (Å²) in [6.07, 6.45) is 7.88. The fraction of sp³-hybridized carbons (Fsp3) is 0.583. The number of hydrogen-bond donors (Lipinski definition) is 1. The Balaban J connectivity index is 1.88. The number of aromatic nitrogens is 1. The third-order valence-corrected chi connectivity index (χ3v) is 4.31. The molecule has 2 atom stereocenters. The minimum Gasteiger partial charge on any atom is -0.392 e. The zero-order valence-corrected chi connectivity index (χ0v) is 9.62. The van der Waals surface area contributed by atoms with Crippen LogP contribution in [0.4, 0.5) is 0 Å². The maximum Gasteiger partial charge on any atom is 0.0699 e. The summed E-state index contributed by atoms with van der Waals surface area (Å²) in [4.78, 5) is 4.06. The molecule has 15 heavy (non-hydrogen) atoms. The van der Waals surface area contributed by atoms with Gasteiger partial charge in [-0.1, -0.05) is 12.5 Å². The Kier molecular flexibility index (Phi) is 4.03. The number of hydrogen-bond acceptors (Lipinski definition) is 3. The molecule has 1 fully saturated rings. The molecule has 1 aromatic rings.